The lowest BCUT2D eigenvalue weighted by Crippen LogP contribution is -2.25. The predicted octanol–water partition coefficient (Wildman–Crippen LogP) is 3.97. The van der Waals surface area contributed by atoms with Crippen LogP contribution in [0, 0.1) is 11.8 Å². The highest BCUT2D eigenvalue weighted by Gasteiger charge is 2.13. The van der Waals surface area contributed by atoms with Crippen LogP contribution in [-0.4, -0.2) is 17.0 Å². The minimum absolute atomic E-state index is 0. The van der Waals surface area contributed by atoms with Crippen molar-refractivity contribution in [1.82, 2.24) is 0 Å². The molecular weight excluding hydrogens is 248 g/mol. The summed E-state index contributed by atoms with van der Waals surface area (Å²) < 4.78 is 0. The monoisotopic (exact) mass is 276 g/mol. The van der Waals surface area contributed by atoms with Crippen LogP contribution >= 0.6 is 12.4 Å². The van der Waals surface area contributed by atoms with Gasteiger partial charge >= 0.3 is 0 Å². The fraction of sp³-hybridized carbons (Fsp3) is 0.929. The lowest BCUT2D eigenvalue weighted by Gasteiger charge is -2.22. The normalized spacial score (nSPS) is 31.7. The second kappa shape index (κ2) is 9.62. The lowest BCUT2D eigenvalue weighted by atomic mass is 9.88. The van der Waals surface area contributed by atoms with Gasteiger partial charge in [0.05, 0.1) is 5.71 Å². The lowest BCUT2D eigenvalue weighted by molar-refractivity contribution is 0.311. The smallest absolute Gasteiger partial charge is 0.0571 e. The molecule has 2 saturated carbocycles. The molecule has 0 saturated heterocycles. The summed E-state index contributed by atoms with van der Waals surface area (Å²) in [6.45, 7) is 4.56. The fourth-order valence-corrected chi connectivity index (χ4v) is 2.48. The van der Waals surface area contributed by atoms with Gasteiger partial charge in [-0.2, -0.15) is 0 Å². The predicted molar refractivity (Wildman–Crippen MR) is 79.7 cm³/mol. The molecule has 0 aromatic carbocycles. The molecule has 0 unspecified atom stereocenters. The largest absolute Gasteiger partial charge is 0.411 e. The zero-order valence-electron chi connectivity index (χ0n) is 11.8. The zero-order valence-corrected chi connectivity index (χ0v) is 12.6. The molecule has 0 heterocycles. The molecule has 0 atom stereocenters. The molecule has 0 aliphatic heterocycles. The van der Waals surface area contributed by atoms with E-state index in [4.69, 9.17) is 10.9 Å². The van der Waals surface area contributed by atoms with E-state index in [2.05, 4.69) is 19.0 Å². The van der Waals surface area contributed by atoms with Crippen LogP contribution in [-0.2, 0) is 0 Å². The van der Waals surface area contributed by atoms with Gasteiger partial charge in [-0.05, 0) is 63.2 Å². The molecule has 2 aliphatic rings. The number of nitrogens with two attached hydrogens (primary N) is 1. The standard InChI is InChI=1S/C7H13NO.C7H15N.ClH/c1-6-2-4-7(8-9)5-3-6;1-6-2-4-7(8)5-3-6;/h6,9H,2-5H2,1H3;6-7H,2-5,8H2,1H3;1H. The molecule has 0 aromatic rings. The molecule has 108 valence electrons. The van der Waals surface area contributed by atoms with E-state index in [1.54, 1.807) is 0 Å². The van der Waals surface area contributed by atoms with Gasteiger partial charge in [0.15, 0.2) is 0 Å². The maximum absolute atomic E-state index is 8.37. The van der Waals surface area contributed by atoms with Gasteiger partial charge in [-0.25, -0.2) is 0 Å². The van der Waals surface area contributed by atoms with Crippen molar-refractivity contribution in [2.45, 2.75) is 71.3 Å². The molecule has 3 N–H and O–H groups in total. The summed E-state index contributed by atoms with van der Waals surface area (Å²) >= 11 is 0. The third-order valence-corrected chi connectivity index (χ3v) is 4.05. The summed E-state index contributed by atoms with van der Waals surface area (Å²) in [6.07, 6.45) is 9.58. The first-order valence-corrected chi connectivity index (χ1v) is 7.07. The third-order valence-electron chi connectivity index (χ3n) is 4.05. The van der Waals surface area contributed by atoms with Crippen LogP contribution in [0.2, 0.25) is 0 Å². The van der Waals surface area contributed by atoms with Gasteiger partial charge in [-0.1, -0.05) is 19.0 Å². The van der Waals surface area contributed by atoms with E-state index < -0.39 is 0 Å². The van der Waals surface area contributed by atoms with Gasteiger partial charge in [-0.15, -0.1) is 12.4 Å². The van der Waals surface area contributed by atoms with Crippen molar-refractivity contribution in [1.29, 1.82) is 0 Å². The average molecular weight is 277 g/mol. The van der Waals surface area contributed by atoms with Gasteiger partial charge in [-0.3, -0.25) is 0 Å². The summed E-state index contributed by atoms with van der Waals surface area (Å²) in [4.78, 5) is 0. The minimum Gasteiger partial charge on any atom is -0.411 e. The Hall–Kier alpha value is -0.280. The Labute approximate surface area is 118 Å². The molecule has 2 rings (SSSR count). The molecule has 4 heteroatoms. The maximum atomic E-state index is 8.37. The van der Waals surface area contributed by atoms with E-state index in [0.29, 0.717) is 6.04 Å². The molecule has 2 aliphatic carbocycles. The average Bonchev–Trinajstić information content (AvgIpc) is 2.35. The Morgan fingerprint density at radius 2 is 1.39 bits per heavy atom. The van der Waals surface area contributed by atoms with Crippen LogP contribution in [0.25, 0.3) is 0 Å². The molecular formula is C14H29ClN2O. The number of hydrogen-bond acceptors (Lipinski definition) is 3. The van der Waals surface area contributed by atoms with E-state index in [1.807, 2.05) is 0 Å². The molecule has 0 bridgehead atoms. The molecule has 0 spiro atoms. The van der Waals surface area contributed by atoms with Crippen LogP contribution < -0.4 is 5.73 Å². The van der Waals surface area contributed by atoms with Crippen molar-refractivity contribution >= 4 is 18.1 Å². The van der Waals surface area contributed by atoms with Crippen molar-refractivity contribution in [3.8, 4) is 0 Å². The quantitative estimate of drug-likeness (QED) is 0.519. The second-order valence-electron chi connectivity index (χ2n) is 5.87. The first kappa shape index (κ1) is 17.7. The highest BCUT2D eigenvalue weighted by Crippen LogP contribution is 2.21. The van der Waals surface area contributed by atoms with Crippen molar-refractivity contribution < 1.29 is 5.21 Å². The SMILES string of the molecule is CC1CCC(=NO)CC1.CC1CCC(N)CC1.Cl. The van der Waals surface area contributed by atoms with E-state index >= 15 is 0 Å². The summed E-state index contributed by atoms with van der Waals surface area (Å²) in [5.41, 5.74) is 6.68. The van der Waals surface area contributed by atoms with Gasteiger partial charge in [0.25, 0.3) is 0 Å². The highest BCUT2D eigenvalue weighted by molar-refractivity contribution is 5.85. The van der Waals surface area contributed by atoms with Crippen molar-refractivity contribution in [3.05, 3.63) is 0 Å². The first-order chi connectivity index (χ1) is 8.11. The van der Waals surface area contributed by atoms with Crippen molar-refractivity contribution in [2.24, 2.45) is 22.7 Å². The summed E-state index contributed by atoms with van der Waals surface area (Å²) in [7, 11) is 0. The van der Waals surface area contributed by atoms with Gasteiger partial charge in [0.1, 0.15) is 0 Å². The van der Waals surface area contributed by atoms with Gasteiger partial charge in [0.2, 0.25) is 0 Å². The number of nitrogens with zero attached hydrogens (tertiary/aromatic N) is 1. The van der Waals surface area contributed by atoms with Crippen molar-refractivity contribution in [2.75, 3.05) is 0 Å². The Balaban J connectivity index is 0.000000306. The molecule has 0 aromatic heterocycles. The van der Waals surface area contributed by atoms with E-state index in [1.165, 1.54) is 38.5 Å². The Morgan fingerprint density at radius 1 is 0.944 bits per heavy atom. The zero-order chi connectivity index (χ0) is 12.7. The first-order valence-electron chi connectivity index (χ1n) is 7.07. The number of rotatable bonds is 0. The van der Waals surface area contributed by atoms with Crippen LogP contribution in [0.5, 0.6) is 0 Å². The van der Waals surface area contributed by atoms with Gasteiger partial charge < -0.3 is 10.9 Å². The minimum atomic E-state index is 0. The topological polar surface area (TPSA) is 58.6 Å². The van der Waals surface area contributed by atoms with E-state index in [0.717, 1.165) is 30.4 Å². The maximum Gasteiger partial charge on any atom is 0.0571 e. The Kier molecular flexibility index (Phi) is 9.47. The summed E-state index contributed by atoms with van der Waals surface area (Å²) in [6, 6.07) is 0.520. The molecule has 18 heavy (non-hydrogen) atoms. The van der Waals surface area contributed by atoms with Gasteiger partial charge in [0, 0.05) is 6.04 Å². The van der Waals surface area contributed by atoms with Crippen molar-refractivity contribution in [3.63, 3.8) is 0 Å². The Morgan fingerprint density at radius 3 is 1.78 bits per heavy atom. The highest BCUT2D eigenvalue weighted by atomic mass is 35.5. The molecule has 0 amide bonds. The number of hydrogen-bond donors (Lipinski definition) is 2. The number of oxime groups is 1. The van der Waals surface area contributed by atoms with Crippen LogP contribution in [0.1, 0.15) is 65.2 Å². The summed E-state index contributed by atoms with van der Waals surface area (Å²) in [5, 5.41) is 11.6. The van der Waals surface area contributed by atoms with Crippen LogP contribution in [0.3, 0.4) is 0 Å². The van der Waals surface area contributed by atoms with E-state index in [-0.39, 0.29) is 12.4 Å². The number of halogens is 1. The molecule has 3 nitrogen and oxygen atoms in total. The molecule has 2 fully saturated rings. The third kappa shape index (κ3) is 7.22. The molecule has 0 radical (unpaired) electrons. The van der Waals surface area contributed by atoms with E-state index in [9.17, 15) is 0 Å². The summed E-state index contributed by atoms with van der Waals surface area (Å²) in [5.74, 6) is 1.77. The van der Waals surface area contributed by atoms with Crippen LogP contribution in [0.15, 0.2) is 5.16 Å². The fourth-order valence-electron chi connectivity index (χ4n) is 2.48. The Bertz CT molecular complexity index is 218. The second-order valence-corrected chi connectivity index (χ2v) is 5.87. The van der Waals surface area contributed by atoms with Crippen LogP contribution in [0.4, 0.5) is 0 Å².